The second kappa shape index (κ2) is 6.05. The summed E-state index contributed by atoms with van der Waals surface area (Å²) in [6.45, 7) is 5.13. The maximum Gasteiger partial charge on any atom is 0.257 e. The molecule has 1 aromatic heterocycles. The van der Waals surface area contributed by atoms with Crippen LogP contribution in [-0.2, 0) is 0 Å². The summed E-state index contributed by atoms with van der Waals surface area (Å²) in [4.78, 5) is 20.6. The molecule has 1 saturated heterocycles. The lowest BCUT2D eigenvalue weighted by molar-refractivity contribution is 0.0747. The quantitative estimate of drug-likeness (QED) is 0.920. The highest BCUT2D eigenvalue weighted by Crippen LogP contribution is 2.19. The molecule has 0 spiro atoms. The summed E-state index contributed by atoms with van der Waals surface area (Å²) in [5, 5.41) is 0. The van der Waals surface area contributed by atoms with Crippen LogP contribution in [-0.4, -0.2) is 42.0 Å². The van der Waals surface area contributed by atoms with Gasteiger partial charge in [-0.25, -0.2) is 4.98 Å². The molecule has 0 saturated carbocycles. The SMILES string of the molecule is Cc1ccc(N2CCN(C(=O)c3cccnc3N)CC2)cc1. The molecule has 1 amide bonds. The number of anilines is 2. The summed E-state index contributed by atoms with van der Waals surface area (Å²) >= 11 is 0. The van der Waals surface area contributed by atoms with Crippen molar-refractivity contribution in [1.82, 2.24) is 9.88 Å². The molecule has 0 radical (unpaired) electrons. The van der Waals surface area contributed by atoms with Crippen molar-refractivity contribution in [2.24, 2.45) is 0 Å². The molecule has 1 aromatic carbocycles. The van der Waals surface area contributed by atoms with E-state index < -0.39 is 0 Å². The number of carbonyl (C=O) groups excluding carboxylic acids is 1. The summed E-state index contributed by atoms with van der Waals surface area (Å²) in [6.07, 6.45) is 1.60. The van der Waals surface area contributed by atoms with E-state index in [1.165, 1.54) is 11.3 Å². The number of nitrogens with zero attached hydrogens (tertiary/aromatic N) is 3. The zero-order chi connectivity index (χ0) is 15.5. The fourth-order valence-corrected chi connectivity index (χ4v) is 2.69. The predicted molar refractivity (Wildman–Crippen MR) is 87.9 cm³/mol. The number of benzene rings is 1. The molecule has 2 heterocycles. The average molecular weight is 296 g/mol. The molecule has 5 nitrogen and oxygen atoms in total. The molecule has 1 aliphatic rings. The number of nitrogen functional groups attached to an aromatic ring is 1. The topological polar surface area (TPSA) is 62.5 Å². The number of hydrogen-bond acceptors (Lipinski definition) is 4. The Balaban J connectivity index is 1.65. The van der Waals surface area contributed by atoms with Crippen molar-refractivity contribution in [2.45, 2.75) is 6.92 Å². The number of aryl methyl sites for hydroxylation is 1. The van der Waals surface area contributed by atoms with Crippen molar-refractivity contribution in [3.05, 3.63) is 53.7 Å². The fraction of sp³-hybridized carbons (Fsp3) is 0.294. The molecule has 1 aliphatic heterocycles. The van der Waals surface area contributed by atoms with Gasteiger partial charge in [0.2, 0.25) is 0 Å². The lowest BCUT2D eigenvalue weighted by atomic mass is 10.1. The van der Waals surface area contributed by atoms with Crippen molar-refractivity contribution in [2.75, 3.05) is 36.8 Å². The van der Waals surface area contributed by atoms with Gasteiger partial charge in [0.1, 0.15) is 5.82 Å². The first-order valence-corrected chi connectivity index (χ1v) is 7.46. The van der Waals surface area contributed by atoms with Crippen LogP contribution in [0, 0.1) is 6.92 Å². The lowest BCUT2D eigenvalue weighted by Gasteiger charge is -2.36. The molecule has 0 bridgehead atoms. The molecule has 1 fully saturated rings. The van der Waals surface area contributed by atoms with Crippen LogP contribution in [0.2, 0.25) is 0 Å². The first kappa shape index (κ1) is 14.4. The van der Waals surface area contributed by atoms with Gasteiger partial charge in [-0.05, 0) is 31.2 Å². The van der Waals surface area contributed by atoms with Gasteiger partial charge in [-0.3, -0.25) is 4.79 Å². The second-order valence-corrected chi connectivity index (χ2v) is 5.55. The van der Waals surface area contributed by atoms with Crippen LogP contribution >= 0.6 is 0 Å². The summed E-state index contributed by atoms with van der Waals surface area (Å²) in [5.74, 6) is 0.266. The molecule has 114 valence electrons. The Morgan fingerprint density at radius 3 is 2.41 bits per heavy atom. The summed E-state index contributed by atoms with van der Waals surface area (Å²) < 4.78 is 0. The van der Waals surface area contributed by atoms with Gasteiger partial charge in [0, 0.05) is 38.1 Å². The summed E-state index contributed by atoms with van der Waals surface area (Å²) in [6, 6.07) is 12.0. The Kier molecular flexibility index (Phi) is 3.96. The minimum atomic E-state index is -0.0332. The van der Waals surface area contributed by atoms with Gasteiger partial charge in [-0.15, -0.1) is 0 Å². The van der Waals surface area contributed by atoms with Gasteiger partial charge in [-0.2, -0.15) is 0 Å². The number of aromatic nitrogens is 1. The van der Waals surface area contributed by atoms with E-state index in [0.717, 1.165) is 13.1 Å². The third-order valence-electron chi connectivity index (χ3n) is 4.03. The number of rotatable bonds is 2. The van der Waals surface area contributed by atoms with E-state index in [0.29, 0.717) is 24.5 Å². The Bertz CT molecular complexity index is 661. The summed E-state index contributed by atoms with van der Waals surface area (Å²) in [7, 11) is 0. The van der Waals surface area contributed by atoms with Gasteiger partial charge >= 0.3 is 0 Å². The van der Waals surface area contributed by atoms with Crippen molar-refractivity contribution in [3.8, 4) is 0 Å². The van der Waals surface area contributed by atoms with Crippen molar-refractivity contribution in [1.29, 1.82) is 0 Å². The zero-order valence-electron chi connectivity index (χ0n) is 12.7. The highest BCUT2D eigenvalue weighted by atomic mass is 16.2. The van der Waals surface area contributed by atoms with Gasteiger partial charge in [0.05, 0.1) is 5.56 Å². The fourth-order valence-electron chi connectivity index (χ4n) is 2.69. The van der Waals surface area contributed by atoms with Crippen LogP contribution in [0.15, 0.2) is 42.6 Å². The van der Waals surface area contributed by atoms with Crippen LogP contribution in [0.3, 0.4) is 0 Å². The van der Waals surface area contributed by atoms with E-state index in [1.54, 1.807) is 18.3 Å². The van der Waals surface area contributed by atoms with Crippen molar-refractivity contribution >= 4 is 17.4 Å². The number of piperazine rings is 1. The van der Waals surface area contributed by atoms with Crippen LogP contribution in [0.5, 0.6) is 0 Å². The maximum absolute atomic E-state index is 12.5. The molecule has 0 unspecified atom stereocenters. The number of nitrogens with two attached hydrogens (primary N) is 1. The molecule has 5 heteroatoms. The normalized spacial score (nSPS) is 15.0. The Labute approximate surface area is 130 Å². The standard InChI is InChI=1S/C17H20N4O/c1-13-4-6-14(7-5-13)20-9-11-21(12-10-20)17(22)15-3-2-8-19-16(15)18/h2-8H,9-12H2,1H3,(H2,18,19). The lowest BCUT2D eigenvalue weighted by Crippen LogP contribution is -2.49. The third kappa shape index (κ3) is 2.88. The maximum atomic E-state index is 12.5. The number of hydrogen-bond donors (Lipinski definition) is 1. The van der Waals surface area contributed by atoms with E-state index in [4.69, 9.17) is 5.73 Å². The largest absolute Gasteiger partial charge is 0.383 e. The van der Waals surface area contributed by atoms with Crippen LogP contribution < -0.4 is 10.6 Å². The highest BCUT2D eigenvalue weighted by molar-refractivity contribution is 5.98. The number of pyridine rings is 1. The third-order valence-corrected chi connectivity index (χ3v) is 4.03. The van der Waals surface area contributed by atoms with Crippen LogP contribution in [0.4, 0.5) is 11.5 Å². The summed E-state index contributed by atoms with van der Waals surface area (Å²) in [5.41, 5.74) is 8.74. The van der Waals surface area contributed by atoms with Crippen LogP contribution in [0.25, 0.3) is 0 Å². The number of amides is 1. The first-order valence-electron chi connectivity index (χ1n) is 7.46. The van der Waals surface area contributed by atoms with Gasteiger partial charge < -0.3 is 15.5 Å². The van der Waals surface area contributed by atoms with Crippen LogP contribution in [0.1, 0.15) is 15.9 Å². The molecule has 2 N–H and O–H groups in total. The van der Waals surface area contributed by atoms with Crippen molar-refractivity contribution in [3.63, 3.8) is 0 Å². The van der Waals surface area contributed by atoms with Gasteiger partial charge in [0.25, 0.3) is 5.91 Å². The monoisotopic (exact) mass is 296 g/mol. The Hall–Kier alpha value is -2.56. The molecule has 2 aromatic rings. The minimum absolute atomic E-state index is 0.0332. The van der Waals surface area contributed by atoms with E-state index in [9.17, 15) is 4.79 Å². The van der Waals surface area contributed by atoms with E-state index in [2.05, 4.69) is 41.1 Å². The smallest absolute Gasteiger partial charge is 0.257 e. The van der Waals surface area contributed by atoms with E-state index in [-0.39, 0.29) is 5.91 Å². The number of carbonyl (C=O) groups is 1. The Morgan fingerprint density at radius 1 is 1.09 bits per heavy atom. The second-order valence-electron chi connectivity index (χ2n) is 5.55. The zero-order valence-corrected chi connectivity index (χ0v) is 12.7. The van der Waals surface area contributed by atoms with E-state index in [1.807, 2.05) is 4.90 Å². The molecular formula is C17H20N4O. The predicted octanol–water partition coefficient (Wildman–Crippen LogP) is 1.93. The molecule has 22 heavy (non-hydrogen) atoms. The molecular weight excluding hydrogens is 276 g/mol. The molecule has 0 atom stereocenters. The first-order chi connectivity index (χ1) is 10.6. The Morgan fingerprint density at radius 2 is 1.77 bits per heavy atom. The molecule has 3 rings (SSSR count). The highest BCUT2D eigenvalue weighted by Gasteiger charge is 2.23. The van der Waals surface area contributed by atoms with Crippen molar-refractivity contribution < 1.29 is 4.79 Å². The minimum Gasteiger partial charge on any atom is -0.383 e. The van der Waals surface area contributed by atoms with Gasteiger partial charge in [0.15, 0.2) is 0 Å². The van der Waals surface area contributed by atoms with E-state index >= 15 is 0 Å². The van der Waals surface area contributed by atoms with Gasteiger partial charge in [-0.1, -0.05) is 17.7 Å². The average Bonchev–Trinajstić information content (AvgIpc) is 2.56. The molecule has 0 aliphatic carbocycles.